The lowest BCUT2D eigenvalue weighted by Gasteiger charge is -2.31. The van der Waals surface area contributed by atoms with Crippen LogP contribution >= 0.6 is 0 Å². The van der Waals surface area contributed by atoms with Gasteiger partial charge in [-0.05, 0) is 49.1 Å². The van der Waals surface area contributed by atoms with Crippen molar-refractivity contribution in [3.63, 3.8) is 0 Å². The number of nitrogens with zero attached hydrogens (tertiary/aromatic N) is 1. The normalized spacial score (nSPS) is 14.6. The maximum atomic E-state index is 12.6. The van der Waals surface area contributed by atoms with Crippen LogP contribution in [0.5, 0.6) is 0 Å². The van der Waals surface area contributed by atoms with Crippen LogP contribution in [0.15, 0.2) is 71.5 Å². The Labute approximate surface area is 170 Å². The number of hydrogen-bond donors (Lipinski definition) is 1. The van der Waals surface area contributed by atoms with Gasteiger partial charge in [0.1, 0.15) is 6.26 Å². The molecule has 1 aromatic heterocycles. The highest BCUT2D eigenvalue weighted by Gasteiger charge is 2.28. The molecule has 2 aromatic carbocycles. The highest BCUT2D eigenvalue weighted by Crippen LogP contribution is 2.24. The molecule has 0 atom stereocenters. The van der Waals surface area contributed by atoms with Crippen LogP contribution in [0.1, 0.15) is 28.8 Å². The second-order valence-electron chi connectivity index (χ2n) is 7.51. The highest BCUT2D eigenvalue weighted by molar-refractivity contribution is 5.95. The molecule has 148 valence electrons. The zero-order chi connectivity index (χ0) is 20.2. The Morgan fingerprint density at radius 3 is 2.41 bits per heavy atom. The number of carbonyl (C=O) groups excluding carboxylic acids is 2. The minimum absolute atomic E-state index is 0.0173. The van der Waals surface area contributed by atoms with Gasteiger partial charge in [0.2, 0.25) is 5.91 Å². The fourth-order valence-electron chi connectivity index (χ4n) is 3.73. The van der Waals surface area contributed by atoms with E-state index in [1.54, 1.807) is 11.0 Å². The summed E-state index contributed by atoms with van der Waals surface area (Å²) in [6, 6.07) is 17.9. The number of rotatable bonds is 4. The van der Waals surface area contributed by atoms with Crippen molar-refractivity contribution >= 4 is 17.5 Å². The van der Waals surface area contributed by atoms with Crippen molar-refractivity contribution in [2.75, 3.05) is 18.4 Å². The van der Waals surface area contributed by atoms with E-state index in [9.17, 15) is 9.59 Å². The van der Waals surface area contributed by atoms with Crippen LogP contribution < -0.4 is 5.32 Å². The molecule has 1 saturated heterocycles. The Morgan fingerprint density at radius 1 is 1.00 bits per heavy atom. The molecule has 0 saturated carbocycles. The molecule has 0 radical (unpaired) electrons. The summed E-state index contributed by atoms with van der Waals surface area (Å²) in [7, 11) is 0. The Balaban J connectivity index is 1.32. The lowest BCUT2D eigenvalue weighted by atomic mass is 9.95. The van der Waals surface area contributed by atoms with E-state index >= 15 is 0 Å². The van der Waals surface area contributed by atoms with E-state index in [1.165, 1.54) is 18.1 Å². The zero-order valence-corrected chi connectivity index (χ0v) is 16.4. The number of hydrogen-bond acceptors (Lipinski definition) is 3. The summed E-state index contributed by atoms with van der Waals surface area (Å²) in [5.41, 5.74) is 4.86. The summed E-state index contributed by atoms with van der Waals surface area (Å²) < 4.78 is 4.98. The van der Waals surface area contributed by atoms with E-state index in [0.29, 0.717) is 31.5 Å². The summed E-state index contributed by atoms with van der Waals surface area (Å²) in [6.45, 7) is 3.23. The molecular formula is C24H24N2O3. The molecule has 5 heteroatoms. The first-order valence-electron chi connectivity index (χ1n) is 9.89. The van der Waals surface area contributed by atoms with Crippen LogP contribution in [0.3, 0.4) is 0 Å². The van der Waals surface area contributed by atoms with Crippen LogP contribution in [0.2, 0.25) is 0 Å². The first-order chi connectivity index (χ1) is 14.1. The predicted octanol–water partition coefficient (Wildman–Crippen LogP) is 4.75. The lowest BCUT2D eigenvalue weighted by Crippen LogP contribution is -2.41. The van der Waals surface area contributed by atoms with Gasteiger partial charge in [0.15, 0.2) is 0 Å². The molecule has 1 aliphatic rings. The molecule has 0 aliphatic carbocycles. The summed E-state index contributed by atoms with van der Waals surface area (Å²) in [4.78, 5) is 26.8. The Morgan fingerprint density at radius 2 is 1.76 bits per heavy atom. The molecule has 29 heavy (non-hydrogen) atoms. The number of carbonyl (C=O) groups is 2. The third kappa shape index (κ3) is 4.40. The van der Waals surface area contributed by atoms with Crippen LogP contribution in [-0.2, 0) is 4.79 Å². The monoisotopic (exact) mass is 388 g/mol. The lowest BCUT2D eigenvalue weighted by molar-refractivity contribution is -0.121. The van der Waals surface area contributed by atoms with Crippen LogP contribution in [0.25, 0.3) is 11.1 Å². The number of anilines is 1. The van der Waals surface area contributed by atoms with E-state index in [-0.39, 0.29) is 17.7 Å². The number of aryl methyl sites for hydroxylation is 1. The third-order valence-corrected chi connectivity index (χ3v) is 5.42. The topological polar surface area (TPSA) is 62.6 Å². The molecule has 3 aromatic rings. The van der Waals surface area contributed by atoms with E-state index in [1.807, 2.05) is 30.3 Å². The van der Waals surface area contributed by atoms with Crippen LogP contribution in [0.4, 0.5) is 5.69 Å². The summed E-state index contributed by atoms with van der Waals surface area (Å²) >= 11 is 0. The first-order valence-corrected chi connectivity index (χ1v) is 9.89. The first kappa shape index (κ1) is 19.0. The van der Waals surface area contributed by atoms with Crippen LogP contribution in [-0.4, -0.2) is 29.8 Å². The van der Waals surface area contributed by atoms with Crippen molar-refractivity contribution in [1.29, 1.82) is 0 Å². The summed E-state index contributed by atoms with van der Waals surface area (Å²) in [5, 5.41) is 3.02. The van der Waals surface area contributed by atoms with E-state index in [2.05, 4.69) is 30.4 Å². The molecule has 0 unspecified atom stereocenters. The fraction of sp³-hybridized carbons (Fsp3) is 0.250. The van der Waals surface area contributed by atoms with Gasteiger partial charge in [-0.2, -0.15) is 0 Å². The van der Waals surface area contributed by atoms with Crippen molar-refractivity contribution in [1.82, 2.24) is 4.90 Å². The molecule has 2 amide bonds. The number of benzene rings is 2. The number of likely N-dealkylation sites (tertiary alicyclic amines) is 1. The highest BCUT2D eigenvalue weighted by atomic mass is 16.3. The van der Waals surface area contributed by atoms with Crippen molar-refractivity contribution in [3.8, 4) is 11.1 Å². The Hall–Kier alpha value is -3.34. The molecule has 0 bridgehead atoms. The van der Waals surface area contributed by atoms with Gasteiger partial charge in [-0.3, -0.25) is 9.59 Å². The number of furan rings is 1. The van der Waals surface area contributed by atoms with Gasteiger partial charge in [-0.25, -0.2) is 0 Å². The van der Waals surface area contributed by atoms with Crippen molar-refractivity contribution in [2.45, 2.75) is 19.8 Å². The molecule has 1 N–H and O–H groups in total. The Kier molecular flexibility index (Phi) is 5.47. The molecular weight excluding hydrogens is 364 g/mol. The van der Waals surface area contributed by atoms with Gasteiger partial charge in [0, 0.05) is 24.7 Å². The smallest absolute Gasteiger partial charge is 0.257 e. The zero-order valence-electron chi connectivity index (χ0n) is 16.4. The summed E-state index contributed by atoms with van der Waals surface area (Å²) in [5.74, 6) is -0.104. The van der Waals surface area contributed by atoms with Gasteiger partial charge in [0.25, 0.3) is 5.91 Å². The van der Waals surface area contributed by atoms with Gasteiger partial charge >= 0.3 is 0 Å². The van der Waals surface area contributed by atoms with Gasteiger partial charge in [0.05, 0.1) is 11.8 Å². The molecule has 1 fully saturated rings. The van der Waals surface area contributed by atoms with Gasteiger partial charge < -0.3 is 14.6 Å². The molecule has 2 heterocycles. The van der Waals surface area contributed by atoms with E-state index in [0.717, 1.165) is 16.8 Å². The van der Waals surface area contributed by atoms with E-state index in [4.69, 9.17) is 4.42 Å². The SMILES string of the molecule is Cc1cccc(-c2ccc(NC(=O)C3CCN(C(=O)c4ccoc4)CC3)cc2)c1. The predicted molar refractivity (Wildman–Crippen MR) is 113 cm³/mol. The molecule has 5 nitrogen and oxygen atoms in total. The van der Waals surface area contributed by atoms with Crippen molar-refractivity contribution < 1.29 is 14.0 Å². The Bertz CT molecular complexity index is 985. The molecule has 4 rings (SSSR count). The fourth-order valence-corrected chi connectivity index (χ4v) is 3.73. The minimum atomic E-state index is -0.0835. The standard InChI is InChI=1S/C24H24N2O3/c1-17-3-2-4-20(15-17)18-5-7-22(8-6-18)25-23(27)19-9-12-26(13-10-19)24(28)21-11-14-29-16-21/h2-8,11,14-16,19H,9-10,12-13H2,1H3,(H,25,27). The average molecular weight is 388 g/mol. The van der Waals surface area contributed by atoms with E-state index < -0.39 is 0 Å². The second kappa shape index (κ2) is 8.35. The summed E-state index contributed by atoms with van der Waals surface area (Å²) in [6.07, 6.45) is 4.28. The number of amides is 2. The minimum Gasteiger partial charge on any atom is -0.472 e. The third-order valence-electron chi connectivity index (χ3n) is 5.42. The average Bonchev–Trinajstić information content (AvgIpc) is 3.29. The van der Waals surface area contributed by atoms with Gasteiger partial charge in [-0.1, -0.05) is 42.0 Å². The molecule has 0 spiro atoms. The molecule has 1 aliphatic heterocycles. The number of nitrogens with one attached hydrogen (secondary N) is 1. The largest absolute Gasteiger partial charge is 0.472 e. The maximum absolute atomic E-state index is 12.6. The van der Waals surface area contributed by atoms with Gasteiger partial charge in [-0.15, -0.1) is 0 Å². The van der Waals surface area contributed by atoms with Crippen molar-refractivity contribution in [3.05, 3.63) is 78.3 Å². The van der Waals surface area contributed by atoms with Crippen LogP contribution in [0, 0.1) is 12.8 Å². The number of piperidine rings is 1. The second-order valence-corrected chi connectivity index (χ2v) is 7.51. The maximum Gasteiger partial charge on any atom is 0.257 e. The quantitative estimate of drug-likeness (QED) is 0.702. The van der Waals surface area contributed by atoms with Crippen molar-refractivity contribution in [2.24, 2.45) is 5.92 Å².